The third-order valence-corrected chi connectivity index (χ3v) is 5.60. The topological polar surface area (TPSA) is 84.9 Å². The summed E-state index contributed by atoms with van der Waals surface area (Å²) in [6.07, 6.45) is 6.66. The summed E-state index contributed by atoms with van der Waals surface area (Å²) in [5, 5.41) is 13.6. The van der Waals surface area contributed by atoms with E-state index in [0.29, 0.717) is 17.2 Å². The number of benzene rings is 2. The molecule has 194 valence electrons. The summed E-state index contributed by atoms with van der Waals surface area (Å²) in [5.41, 5.74) is 1.09. The Bertz CT molecular complexity index is 1060. The van der Waals surface area contributed by atoms with E-state index >= 15 is 0 Å². The number of methoxy groups -OCH3 is 1. The second-order valence-electron chi connectivity index (χ2n) is 9.60. The lowest BCUT2D eigenvalue weighted by molar-refractivity contribution is -0.158. The number of carbonyl (C=O) groups excluding carboxylic acids is 2. The minimum absolute atomic E-state index is 0.104. The van der Waals surface area contributed by atoms with Gasteiger partial charge in [-0.15, -0.1) is 0 Å². The summed E-state index contributed by atoms with van der Waals surface area (Å²) in [6, 6.07) is 14.1. The van der Waals surface area contributed by atoms with Crippen LogP contribution in [0.3, 0.4) is 0 Å². The van der Waals surface area contributed by atoms with Crippen molar-refractivity contribution in [3.63, 3.8) is 0 Å². The highest BCUT2D eigenvalue weighted by Gasteiger charge is 2.27. The Labute approximate surface area is 219 Å². The van der Waals surface area contributed by atoms with Gasteiger partial charge in [-0.25, -0.2) is 4.79 Å². The van der Waals surface area contributed by atoms with Gasteiger partial charge < -0.3 is 19.9 Å². The number of amides is 1. The maximum atomic E-state index is 12.8. The summed E-state index contributed by atoms with van der Waals surface area (Å²) in [4.78, 5) is 25.4. The SMILES string of the molecule is COc1ccc(C[C@@H](NC(=O)/C=C/C[C@H](O)[C@H](C)/C=C/c2ccccc2)C(=O)OC(C)(C)C)cc1Cl. The molecule has 2 rings (SSSR count). The summed E-state index contributed by atoms with van der Waals surface area (Å²) in [6.45, 7) is 7.21. The van der Waals surface area contributed by atoms with Crippen LogP contribution in [0.5, 0.6) is 5.75 Å². The van der Waals surface area contributed by atoms with E-state index in [1.807, 2.05) is 49.4 Å². The standard InChI is InChI=1S/C29H36ClNO5/c1-20(14-15-21-10-7-6-8-11-21)25(32)12-9-13-27(33)31-24(28(34)36-29(2,3)4)19-22-16-17-26(35-5)23(30)18-22/h6-11,13-18,20,24-25,32H,12,19H2,1-5H3,(H,31,33)/b13-9+,15-14+/t20-,24-,25+/m1/s1. The summed E-state index contributed by atoms with van der Waals surface area (Å²) in [5.74, 6) is -0.583. The normalized spacial score (nSPS) is 14.4. The first kappa shape index (κ1) is 29.1. The van der Waals surface area contributed by atoms with Gasteiger partial charge in [-0.2, -0.15) is 0 Å². The summed E-state index contributed by atoms with van der Waals surface area (Å²) < 4.78 is 10.7. The van der Waals surface area contributed by atoms with Gasteiger partial charge in [0.2, 0.25) is 5.91 Å². The van der Waals surface area contributed by atoms with Crippen LogP contribution in [0, 0.1) is 5.92 Å². The van der Waals surface area contributed by atoms with E-state index in [9.17, 15) is 14.7 Å². The average molecular weight is 514 g/mol. The molecule has 0 aliphatic heterocycles. The van der Waals surface area contributed by atoms with Crippen LogP contribution < -0.4 is 10.1 Å². The van der Waals surface area contributed by atoms with Crippen LogP contribution in [0.15, 0.2) is 66.8 Å². The van der Waals surface area contributed by atoms with Crippen molar-refractivity contribution in [1.82, 2.24) is 5.32 Å². The van der Waals surface area contributed by atoms with E-state index in [0.717, 1.165) is 11.1 Å². The van der Waals surface area contributed by atoms with Crippen LogP contribution in [0.25, 0.3) is 6.08 Å². The Hall–Kier alpha value is -3.09. The van der Waals surface area contributed by atoms with Crippen molar-refractivity contribution in [3.8, 4) is 5.75 Å². The van der Waals surface area contributed by atoms with Crippen LogP contribution in [-0.2, 0) is 20.7 Å². The van der Waals surface area contributed by atoms with Gasteiger partial charge in [-0.05, 0) is 56.5 Å². The van der Waals surface area contributed by atoms with Crippen molar-refractivity contribution >= 4 is 29.6 Å². The number of ether oxygens (including phenoxy) is 2. The van der Waals surface area contributed by atoms with Gasteiger partial charge in [-0.3, -0.25) is 4.79 Å². The highest BCUT2D eigenvalue weighted by atomic mass is 35.5. The van der Waals surface area contributed by atoms with Gasteiger partial charge in [0.1, 0.15) is 17.4 Å². The molecule has 0 unspecified atom stereocenters. The van der Waals surface area contributed by atoms with Crippen molar-refractivity contribution in [3.05, 3.63) is 82.9 Å². The molecule has 0 aromatic heterocycles. The van der Waals surface area contributed by atoms with E-state index in [-0.39, 0.29) is 12.3 Å². The molecule has 0 aliphatic carbocycles. The third kappa shape index (κ3) is 10.3. The number of carbonyl (C=O) groups is 2. The van der Waals surface area contributed by atoms with Crippen LogP contribution in [-0.4, -0.2) is 41.8 Å². The van der Waals surface area contributed by atoms with Crippen LogP contribution >= 0.6 is 11.6 Å². The first-order valence-corrected chi connectivity index (χ1v) is 12.3. The number of nitrogens with one attached hydrogen (secondary N) is 1. The second kappa shape index (κ2) is 13.9. The van der Waals surface area contributed by atoms with Crippen LogP contribution in [0.2, 0.25) is 5.02 Å². The number of aliphatic hydroxyl groups excluding tert-OH is 1. The van der Waals surface area contributed by atoms with Gasteiger partial charge in [-0.1, -0.05) is 73.2 Å². The number of hydrogen-bond acceptors (Lipinski definition) is 5. The predicted molar refractivity (Wildman–Crippen MR) is 144 cm³/mol. The molecule has 0 heterocycles. The van der Waals surface area contributed by atoms with Crippen molar-refractivity contribution in [2.45, 2.75) is 58.3 Å². The summed E-state index contributed by atoms with van der Waals surface area (Å²) in [7, 11) is 1.52. The lowest BCUT2D eigenvalue weighted by Crippen LogP contribution is -2.45. The van der Waals surface area contributed by atoms with Crippen molar-refractivity contribution in [1.29, 1.82) is 0 Å². The number of halogens is 1. The van der Waals surface area contributed by atoms with Gasteiger partial charge in [0, 0.05) is 12.3 Å². The van der Waals surface area contributed by atoms with Crippen molar-refractivity contribution in [2.24, 2.45) is 5.92 Å². The minimum Gasteiger partial charge on any atom is -0.495 e. The molecular formula is C29H36ClNO5. The zero-order chi connectivity index (χ0) is 26.7. The van der Waals surface area contributed by atoms with Crippen LogP contribution in [0.4, 0.5) is 0 Å². The molecule has 0 fully saturated rings. The zero-order valence-corrected chi connectivity index (χ0v) is 22.3. The van der Waals surface area contributed by atoms with Crippen LogP contribution in [0.1, 0.15) is 45.2 Å². The molecule has 0 radical (unpaired) electrons. The van der Waals surface area contributed by atoms with Gasteiger partial charge in [0.05, 0.1) is 18.2 Å². The monoisotopic (exact) mass is 513 g/mol. The molecule has 0 spiro atoms. The highest BCUT2D eigenvalue weighted by molar-refractivity contribution is 6.32. The van der Waals surface area contributed by atoms with E-state index in [1.165, 1.54) is 13.2 Å². The molecule has 2 aromatic rings. The fourth-order valence-corrected chi connectivity index (χ4v) is 3.62. The molecule has 6 nitrogen and oxygen atoms in total. The molecule has 0 bridgehead atoms. The molecule has 36 heavy (non-hydrogen) atoms. The second-order valence-corrected chi connectivity index (χ2v) is 10.0. The molecule has 2 aromatic carbocycles. The minimum atomic E-state index is -0.913. The maximum Gasteiger partial charge on any atom is 0.329 e. The lowest BCUT2D eigenvalue weighted by Gasteiger charge is -2.24. The molecule has 3 atom stereocenters. The zero-order valence-electron chi connectivity index (χ0n) is 21.5. The number of hydrogen-bond donors (Lipinski definition) is 2. The Morgan fingerprint density at radius 3 is 2.44 bits per heavy atom. The molecule has 1 amide bonds. The van der Waals surface area contributed by atoms with Gasteiger partial charge in [0.15, 0.2) is 0 Å². The molecule has 0 saturated heterocycles. The van der Waals surface area contributed by atoms with E-state index in [4.69, 9.17) is 21.1 Å². The average Bonchev–Trinajstić information content (AvgIpc) is 2.81. The van der Waals surface area contributed by atoms with E-state index in [1.54, 1.807) is 45.0 Å². The largest absolute Gasteiger partial charge is 0.495 e. The number of esters is 1. The molecule has 2 N–H and O–H groups in total. The van der Waals surface area contributed by atoms with Crippen molar-refractivity contribution < 1.29 is 24.2 Å². The fourth-order valence-electron chi connectivity index (χ4n) is 3.34. The van der Waals surface area contributed by atoms with Crippen molar-refractivity contribution in [2.75, 3.05) is 7.11 Å². The quantitative estimate of drug-likeness (QED) is 0.311. The fraction of sp³-hybridized carbons (Fsp3) is 0.379. The number of aliphatic hydroxyl groups is 1. The Balaban J connectivity index is 2.00. The summed E-state index contributed by atoms with van der Waals surface area (Å²) >= 11 is 6.22. The molecule has 0 saturated carbocycles. The Kier molecular flexibility index (Phi) is 11.2. The molecular weight excluding hydrogens is 478 g/mol. The van der Waals surface area contributed by atoms with E-state index in [2.05, 4.69) is 5.32 Å². The third-order valence-electron chi connectivity index (χ3n) is 5.31. The molecule has 7 heteroatoms. The van der Waals surface area contributed by atoms with E-state index < -0.39 is 29.6 Å². The predicted octanol–water partition coefficient (Wildman–Crippen LogP) is 5.37. The first-order chi connectivity index (χ1) is 17.0. The maximum absolute atomic E-state index is 12.8. The van der Waals surface area contributed by atoms with Gasteiger partial charge in [0.25, 0.3) is 0 Å². The Morgan fingerprint density at radius 1 is 1.14 bits per heavy atom. The highest BCUT2D eigenvalue weighted by Crippen LogP contribution is 2.25. The first-order valence-electron chi connectivity index (χ1n) is 11.9. The smallest absolute Gasteiger partial charge is 0.329 e. The molecule has 0 aliphatic rings. The Morgan fingerprint density at radius 2 is 1.83 bits per heavy atom. The van der Waals surface area contributed by atoms with Gasteiger partial charge >= 0.3 is 5.97 Å². The number of rotatable bonds is 11. The lowest BCUT2D eigenvalue weighted by atomic mass is 10.00.